The first-order chi connectivity index (χ1) is 14.1. The minimum Gasteiger partial charge on any atom is -0.493 e. The maximum atomic E-state index is 5.43. The minimum absolute atomic E-state index is 0.312. The van der Waals surface area contributed by atoms with E-state index in [1.54, 1.807) is 14.2 Å². The van der Waals surface area contributed by atoms with E-state index in [9.17, 15) is 0 Å². The molecule has 3 aromatic rings. The van der Waals surface area contributed by atoms with E-state index in [-0.39, 0.29) is 0 Å². The molecule has 1 heterocycles. The van der Waals surface area contributed by atoms with Crippen molar-refractivity contribution in [1.29, 1.82) is 0 Å². The van der Waals surface area contributed by atoms with Crippen LogP contribution in [0.2, 0.25) is 0 Å². The molecular weight excluding hydrogens is 362 g/mol. The van der Waals surface area contributed by atoms with Crippen molar-refractivity contribution in [3.05, 3.63) is 70.5 Å². The van der Waals surface area contributed by atoms with E-state index < -0.39 is 0 Å². The highest BCUT2D eigenvalue weighted by molar-refractivity contribution is 5.44. The van der Waals surface area contributed by atoms with Gasteiger partial charge >= 0.3 is 0 Å². The Morgan fingerprint density at radius 3 is 2.52 bits per heavy atom. The molecule has 0 saturated heterocycles. The zero-order chi connectivity index (χ0) is 20.4. The van der Waals surface area contributed by atoms with Crippen LogP contribution in [0.4, 0.5) is 0 Å². The number of aryl methyl sites for hydroxylation is 2. The number of benzene rings is 2. The first kappa shape index (κ1) is 19.5. The van der Waals surface area contributed by atoms with E-state index in [1.807, 2.05) is 18.3 Å². The SMILES string of the molecule is COc1ccc(CNC2CCCc3c2cnn3-c2cc(C)cc(C)c2)cc1OC. The van der Waals surface area contributed by atoms with Gasteiger partial charge in [-0.2, -0.15) is 5.10 Å². The fraction of sp³-hybridized carbons (Fsp3) is 0.375. The van der Waals surface area contributed by atoms with Crippen molar-refractivity contribution in [3.8, 4) is 17.2 Å². The van der Waals surface area contributed by atoms with Crippen molar-refractivity contribution in [2.24, 2.45) is 0 Å². The van der Waals surface area contributed by atoms with Crippen molar-refractivity contribution < 1.29 is 9.47 Å². The lowest BCUT2D eigenvalue weighted by Gasteiger charge is -2.24. The maximum Gasteiger partial charge on any atom is 0.161 e. The normalized spacial score (nSPS) is 15.8. The highest BCUT2D eigenvalue weighted by Gasteiger charge is 2.24. The van der Waals surface area contributed by atoms with Crippen molar-refractivity contribution in [2.75, 3.05) is 14.2 Å². The number of nitrogens with zero attached hydrogens (tertiary/aromatic N) is 2. The number of methoxy groups -OCH3 is 2. The average molecular weight is 392 g/mol. The smallest absolute Gasteiger partial charge is 0.161 e. The predicted molar refractivity (Wildman–Crippen MR) is 115 cm³/mol. The van der Waals surface area contributed by atoms with Crippen LogP contribution in [0.5, 0.6) is 11.5 Å². The van der Waals surface area contributed by atoms with Gasteiger partial charge in [0.2, 0.25) is 0 Å². The number of ether oxygens (including phenoxy) is 2. The second-order valence-corrected chi connectivity index (χ2v) is 7.82. The van der Waals surface area contributed by atoms with Crippen molar-refractivity contribution in [1.82, 2.24) is 15.1 Å². The van der Waals surface area contributed by atoms with Gasteiger partial charge in [0.1, 0.15) is 0 Å². The average Bonchev–Trinajstić information content (AvgIpc) is 3.16. The van der Waals surface area contributed by atoms with Crippen LogP contribution in [0.3, 0.4) is 0 Å². The molecule has 29 heavy (non-hydrogen) atoms. The number of hydrogen-bond acceptors (Lipinski definition) is 4. The molecule has 1 aliphatic rings. The van der Waals surface area contributed by atoms with Crippen LogP contribution in [0, 0.1) is 13.8 Å². The molecule has 0 fully saturated rings. The lowest BCUT2D eigenvalue weighted by Crippen LogP contribution is -2.25. The van der Waals surface area contributed by atoms with Gasteiger partial charge in [-0.3, -0.25) is 0 Å². The largest absolute Gasteiger partial charge is 0.493 e. The van der Waals surface area contributed by atoms with Crippen LogP contribution in [0.15, 0.2) is 42.6 Å². The number of aromatic nitrogens is 2. The van der Waals surface area contributed by atoms with E-state index in [1.165, 1.54) is 27.9 Å². The first-order valence-electron chi connectivity index (χ1n) is 10.2. The second-order valence-electron chi connectivity index (χ2n) is 7.82. The Hall–Kier alpha value is -2.79. The van der Waals surface area contributed by atoms with Gasteiger partial charge < -0.3 is 14.8 Å². The van der Waals surface area contributed by atoms with Crippen molar-refractivity contribution >= 4 is 0 Å². The molecule has 1 aromatic heterocycles. The molecule has 0 aliphatic heterocycles. The number of rotatable bonds is 6. The lowest BCUT2D eigenvalue weighted by atomic mass is 9.92. The summed E-state index contributed by atoms with van der Waals surface area (Å²) in [7, 11) is 3.33. The number of fused-ring (bicyclic) bond motifs is 1. The van der Waals surface area contributed by atoms with Crippen LogP contribution in [-0.2, 0) is 13.0 Å². The van der Waals surface area contributed by atoms with Gasteiger partial charge in [-0.1, -0.05) is 12.1 Å². The summed E-state index contributed by atoms with van der Waals surface area (Å²) in [4.78, 5) is 0. The molecule has 0 radical (unpaired) electrons. The standard InChI is InChI=1S/C24H29N3O2/c1-16-10-17(2)12-19(11-16)27-22-7-5-6-21(20(22)15-26-27)25-14-18-8-9-23(28-3)24(13-18)29-4/h8-13,15,21,25H,5-7,14H2,1-4H3. The summed E-state index contributed by atoms with van der Waals surface area (Å²) in [5.74, 6) is 1.52. The summed E-state index contributed by atoms with van der Waals surface area (Å²) < 4.78 is 12.9. The minimum atomic E-state index is 0.312. The molecule has 1 aliphatic carbocycles. The van der Waals surface area contributed by atoms with Gasteiger partial charge in [-0.15, -0.1) is 0 Å². The molecule has 0 bridgehead atoms. The van der Waals surface area contributed by atoms with Gasteiger partial charge in [0.25, 0.3) is 0 Å². The van der Waals surface area contributed by atoms with Crippen LogP contribution < -0.4 is 14.8 Å². The molecule has 152 valence electrons. The van der Waals surface area contributed by atoms with Gasteiger partial charge in [0.15, 0.2) is 11.5 Å². The maximum absolute atomic E-state index is 5.43. The lowest BCUT2D eigenvalue weighted by molar-refractivity contribution is 0.354. The molecule has 1 unspecified atom stereocenters. The van der Waals surface area contributed by atoms with Crippen LogP contribution in [0.1, 0.15) is 46.8 Å². The Morgan fingerprint density at radius 2 is 1.79 bits per heavy atom. The Balaban J connectivity index is 1.54. The molecule has 0 saturated carbocycles. The van der Waals surface area contributed by atoms with Crippen LogP contribution in [-0.4, -0.2) is 24.0 Å². The van der Waals surface area contributed by atoms with E-state index in [0.717, 1.165) is 43.0 Å². The summed E-state index contributed by atoms with van der Waals surface area (Å²) in [6, 6.07) is 13.0. The summed E-state index contributed by atoms with van der Waals surface area (Å²) in [5.41, 5.74) is 7.51. The summed E-state index contributed by atoms with van der Waals surface area (Å²) in [6.07, 6.45) is 5.39. The molecule has 1 N–H and O–H groups in total. The molecule has 5 nitrogen and oxygen atoms in total. The zero-order valence-electron chi connectivity index (χ0n) is 17.7. The van der Waals surface area contributed by atoms with Crippen molar-refractivity contribution in [2.45, 2.75) is 45.7 Å². The molecule has 2 aromatic carbocycles. The van der Waals surface area contributed by atoms with Gasteiger partial charge in [0, 0.05) is 23.8 Å². The molecular formula is C24H29N3O2. The molecule has 0 spiro atoms. The Kier molecular flexibility index (Phi) is 5.58. The fourth-order valence-electron chi connectivity index (χ4n) is 4.30. The highest BCUT2D eigenvalue weighted by atomic mass is 16.5. The Morgan fingerprint density at radius 1 is 1.03 bits per heavy atom. The molecule has 5 heteroatoms. The number of nitrogens with one attached hydrogen (secondary N) is 1. The first-order valence-corrected chi connectivity index (χ1v) is 10.2. The molecule has 1 atom stereocenters. The van der Waals surface area contributed by atoms with Crippen LogP contribution in [0.25, 0.3) is 5.69 Å². The third-order valence-electron chi connectivity index (χ3n) is 5.63. The predicted octanol–water partition coefficient (Wildman–Crippen LogP) is 4.67. The Labute approximate surface area is 172 Å². The Bertz CT molecular complexity index is 989. The third-order valence-corrected chi connectivity index (χ3v) is 5.63. The molecule has 4 rings (SSSR count). The topological polar surface area (TPSA) is 48.3 Å². The van der Waals surface area contributed by atoms with E-state index in [2.05, 4.69) is 48.1 Å². The van der Waals surface area contributed by atoms with E-state index in [4.69, 9.17) is 14.6 Å². The van der Waals surface area contributed by atoms with Crippen LogP contribution >= 0.6 is 0 Å². The fourth-order valence-corrected chi connectivity index (χ4v) is 4.30. The highest BCUT2D eigenvalue weighted by Crippen LogP contribution is 2.32. The van der Waals surface area contributed by atoms with E-state index >= 15 is 0 Å². The summed E-state index contributed by atoms with van der Waals surface area (Å²) in [5, 5.41) is 8.47. The zero-order valence-corrected chi connectivity index (χ0v) is 17.7. The monoisotopic (exact) mass is 391 g/mol. The second kappa shape index (κ2) is 8.29. The van der Waals surface area contributed by atoms with E-state index in [0.29, 0.717) is 6.04 Å². The molecule has 0 amide bonds. The van der Waals surface area contributed by atoms with Crippen molar-refractivity contribution in [3.63, 3.8) is 0 Å². The van der Waals surface area contributed by atoms with Gasteiger partial charge in [-0.05, 0) is 74.1 Å². The summed E-state index contributed by atoms with van der Waals surface area (Å²) in [6.45, 7) is 5.05. The summed E-state index contributed by atoms with van der Waals surface area (Å²) >= 11 is 0. The van der Waals surface area contributed by atoms with Gasteiger partial charge in [0.05, 0.1) is 26.1 Å². The van der Waals surface area contributed by atoms with Gasteiger partial charge in [-0.25, -0.2) is 4.68 Å². The quantitative estimate of drug-likeness (QED) is 0.663. The number of hydrogen-bond donors (Lipinski definition) is 1. The third kappa shape index (κ3) is 4.01.